The van der Waals surface area contributed by atoms with Crippen LogP contribution in [0, 0.1) is 20.8 Å². The molecule has 0 radical (unpaired) electrons. The predicted molar refractivity (Wildman–Crippen MR) is 75.6 cm³/mol. The van der Waals surface area contributed by atoms with Crippen molar-refractivity contribution < 1.29 is 4.79 Å². The fourth-order valence-corrected chi connectivity index (χ4v) is 1.91. The van der Waals surface area contributed by atoms with Crippen LogP contribution in [0.15, 0.2) is 23.1 Å². The molecule has 2 aromatic heterocycles. The van der Waals surface area contributed by atoms with E-state index in [0.717, 1.165) is 5.56 Å². The highest BCUT2D eigenvalue weighted by molar-refractivity contribution is 5.92. The zero-order valence-corrected chi connectivity index (χ0v) is 11.7. The molecule has 0 aliphatic rings. The molecule has 6 heteroatoms. The summed E-state index contributed by atoms with van der Waals surface area (Å²) >= 11 is 0. The number of aromatic nitrogens is 3. The lowest BCUT2D eigenvalue weighted by Gasteiger charge is -2.08. The lowest BCUT2D eigenvalue weighted by Crippen LogP contribution is -2.24. The zero-order chi connectivity index (χ0) is 14.7. The first-order valence-electron chi connectivity index (χ1n) is 6.25. The van der Waals surface area contributed by atoms with Crippen molar-refractivity contribution in [2.24, 2.45) is 0 Å². The monoisotopic (exact) mass is 272 g/mol. The van der Waals surface area contributed by atoms with Gasteiger partial charge in [0.25, 0.3) is 5.56 Å². The predicted octanol–water partition coefficient (Wildman–Crippen LogP) is 1.27. The Balaban J connectivity index is 2.17. The van der Waals surface area contributed by atoms with Crippen molar-refractivity contribution in [1.29, 1.82) is 0 Å². The van der Waals surface area contributed by atoms with Gasteiger partial charge in [0, 0.05) is 17.5 Å². The van der Waals surface area contributed by atoms with E-state index in [0.29, 0.717) is 22.9 Å². The molecule has 0 saturated carbocycles. The maximum absolute atomic E-state index is 12.0. The van der Waals surface area contributed by atoms with Crippen LogP contribution in [0.4, 0.5) is 5.82 Å². The Hall–Kier alpha value is -2.50. The Morgan fingerprint density at radius 2 is 2.10 bits per heavy atom. The summed E-state index contributed by atoms with van der Waals surface area (Å²) in [6.07, 6.45) is 1.58. The molecule has 6 nitrogen and oxygen atoms in total. The molecule has 20 heavy (non-hydrogen) atoms. The van der Waals surface area contributed by atoms with Crippen molar-refractivity contribution in [3.63, 3.8) is 0 Å². The SMILES string of the molecule is Cc1nc(C)c(CC(=O)Nc2ncccc2C)c(=O)[nH]1. The maximum atomic E-state index is 12.0. The average molecular weight is 272 g/mol. The topological polar surface area (TPSA) is 87.7 Å². The molecule has 0 unspecified atom stereocenters. The summed E-state index contributed by atoms with van der Waals surface area (Å²) in [4.78, 5) is 34.7. The molecule has 2 heterocycles. The number of H-pyrrole nitrogens is 1. The van der Waals surface area contributed by atoms with E-state index in [1.807, 2.05) is 13.0 Å². The van der Waals surface area contributed by atoms with Gasteiger partial charge < -0.3 is 10.3 Å². The smallest absolute Gasteiger partial charge is 0.254 e. The van der Waals surface area contributed by atoms with Crippen LogP contribution in [0.25, 0.3) is 0 Å². The number of nitrogens with zero attached hydrogens (tertiary/aromatic N) is 2. The molecule has 2 N–H and O–H groups in total. The second kappa shape index (κ2) is 5.64. The summed E-state index contributed by atoms with van der Waals surface area (Å²) in [5.74, 6) is 0.759. The molecule has 0 bridgehead atoms. The molecule has 2 rings (SSSR count). The molecule has 0 aromatic carbocycles. The number of pyridine rings is 1. The van der Waals surface area contributed by atoms with Crippen molar-refractivity contribution in [3.8, 4) is 0 Å². The van der Waals surface area contributed by atoms with Gasteiger partial charge in [-0.15, -0.1) is 0 Å². The van der Waals surface area contributed by atoms with Gasteiger partial charge in [0.05, 0.1) is 6.42 Å². The fraction of sp³-hybridized carbons (Fsp3) is 0.286. The van der Waals surface area contributed by atoms with E-state index in [1.165, 1.54) is 0 Å². The number of rotatable bonds is 3. The lowest BCUT2D eigenvalue weighted by molar-refractivity contribution is -0.115. The van der Waals surface area contributed by atoms with Crippen molar-refractivity contribution in [2.75, 3.05) is 5.32 Å². The first-order chi connectivity index (χ1) is 9.47. The highest BCUT2D eigenvalue weighted by atomic mass is 16.2. The average Bonchev–Trinajstić information content (AvgIpc) is 2.36. The molecular weight excluding hydrogens is 256 g/mol. The standard InChI is InChI=1S/C14H16N4O2/c1-8-5-4-6-15-13(8)18-12(19)7-11-9(2)16-10(3)17-14(11)20/h4-6H,7H2,1-3H3,(H,15,18,19)(H,16,17,20). The number of hydrogen-bond acceptors (Lipinski definition) is 4. The fourth-order valence-electron chi connectivity index (χ4n) is 1.91. The molecule has 0 fully saturated rings. The number of anilines is 1. The molecule has 0 saturated heterocycles. The van der Waals surface area contributed by atoms with Crippen LogP contribution >= 0.6 is 0 Å². The second-order valence-electron chi connectivity index (χ2n) is 4.61. The van der Waals surface area contributed by atoms with Gasteiger partial charge in [-0.2, -0.15) is 0 Å². The third kappa shape index (κ3) is 3.09. The van der Waals surface area contributed by atoms with E-state index in [4.69, 9.17) is 0 Å². The van der Waals surface area contributed by atoms with Crippen LogP contribution < -0.4 is 10.9 Å². The number of nitrogens with one attached hydrogen (secondary N) is 2. The molecule has 1 amide bonds. The van der Waals surface area contributed by atoms with Gasteiger partial charge in [-0.3, -0.25) is 9.59 Å². The lowest BCUT2D eigenvalue weighted by atomic mass is 10.1. The van der Waals surface area contributed by atoms with Crippen LogP contribution in [0.1, 0.15) is 22.6 Å². The minimum atomic E-state index is -0.286. The highest BCUT2D eigenvalue weighted by Gasteiger charge is 2.13. The normalized spacial score (nSPS) is 10.3. The highest BCUT2D eigenvalue weighted by Crippen LogP contribution is 2.10. The Labute approximate surface area is 116 Å². The summed E-state index contributed by atoms with van der Waals surface area (Å²) in [7, 11) is 0. The number of carbonyl (C=O) groups is 1. The number of amides is 1. The third-order valence-electron chi connectivity index (χ3n) is 2.95. The van der Waals surface area contributed by atoms with Crippen LogP contribution in [0.5, 0.6) is 0 Å². The molecule has 0 aliphatic carbocycles. The van der Waals surface area contributed by atoms with E-state index in [2.05, 4.69) is 20.3 Å². The van der Waals surface area contributed by atoms with Crippen molar-refractivity contribution >= 4 is 11.7 Å². The van der Waals surface area contributed by atoms with Crippen LogP contribution in [0.2, 0.25) is 0 Å². The summed E-state index contributed by atoms with van der Waals surface area (Å²) in [6, 6.07) is 3.65. The molecule has 2 aromatic rings. The minimum Gasteiger partial charge on any atom is -0.311 e. The van der Waals surface area contributed by atoms with Gasteiger partial charge in [-0.1, -0.05) is 6.07 Å². The Morgan fingerprint density at radius 3 is 2.75 bits per heavy atom. The van der Waals surface area contributed by atoms with Crippen LogP contribution in [-0.2, 0) is 11.2 Å². The quantitative estimate of drug-likeness (QED) is 0.880. The van der Waals surface area contributed by atoms with Crippen molar-refractivity contribution in [1.82, 2.24) is 15.0 Å². The van der Waals surface area contributed by atoms with Gasteiger partial charge in [-0.05, 0) is 32.4 Å². The molecule has 0 spiro atoms. The summed E-state index contributed by atoms with van der Waals surface area (Å²) in [6.45, 7) is 5.28. The van der Waals surface area contributed by atoms with E-state index in [9.17, 15) is 9.59 Å². The van der Waals surface area contributed by atoms with E-state index in [-0.39, 0.29) is 17.9 Å². The van der Waals surface area contributed by atoms with Gasteiger partial charge in [0.2, 0.25) is 5.91 Å². The van der Waals surface area contributed by atoms with E-state index in [1.54, 1.807) is 26.1 Å². The van der Waals surface area contributed by atoms with Gasteiger partial charge >= 0.3 is 0 Å². The van der Waals surface area contributed by atoms with Crippen molar-refractivity contribution in [3.05, 3.63) is 51.3 Å². The Morgan fingerprint density at radius 1 is 1.35 bits per heavy atom. The van der Waals surface area contributed by atoms with Gasteiger partial charge in [0.15, 0.2) is 0 Å². The first kappa shape index (κ1) is 13.9. The van der Waals surface area contributed by atoms with Crippen molar-refractivity contribution in [2.45, 2.75) is 27.2 Å². The molecule has 0 aliphatic heterocycles. The first-order valence-corrected chi connectivity index (χ1v) is 6.25. The number of hydrogen-bond donors (Lipinski definition) is 2. The van der Waals surface area contributed by atoms with Crippen LogP contribution in [0.3, 0.4) is 0 Å². The number of aromatic amines is 1. The maximum Gasteiger partial charge on any atom is 0.254 e. The number of aryl methyl sites for hydroxylation is 3. The van der Waals surface area contributed by atoms with Gasteiger partial charge in [0.1, 0.15) is 11.6 Å². The number of carbonyl (C=O) groups excluding carboxylic acids is 1. The second-order valence-corrected chi connectivity index (χ2v) is 4.61. The Kier molecular flexibility index (Phi) is 3.93. The van der Waals surface area contributed by atoms with Gasteiger partial charge in [-0.25, -0.2) is 9.97 Å². The van der Waals surface area contributed by atoms with E-state index >= 15 is 0 Å². The van der Waals surface area contributed by atoms with Crippen LogP contribution in [-0.4, -0.2) is 20.9 Å². The zero-order valence-electron chi connectivity index (χ0n) is 11.7. The minimum absolute atomic E-state index is 0.0234. The summed E-state index contributed by atoms with van der Waals surface area (Å²) < 4.78 is 0. The largest absolute Gasteiger partial charge is 0.311 e. The summed E-state index contributed by atoms with van der Waals surface area (Å²) in [5, 5.41) is 2.70. The molecular formula is C14H16N4O2. The molecule has 0 atom stereocenters. The van der Waals surface area contributed by atoms with E-state index < -0.39 is 0 Å². The Bertz CT molecular complexity index is 707. The summed E-state index contributed by atoms with van der Waals surface area (Å²) in [5.41, 5.74) is 1.54. The third-order valence-corrected chi connectivity index (χ3v) is 2.95. The molecule has 104 valence electrons.